The van der Waals surface area contributed by atoms with Crippen molar-refractivity contribution in [2.45, 2.75) is 26.3 Å². The van der Waals surface area contributed by atoms with Crippen LogP contribution in [-0.2, 0) is 11.8 Å². The first-order valence-corrected chi connectivity index (χ1v) is 9.03. The fraction of sp³-hybridized carbons (Fsp3) is 0.300. The van der Waals surface area contributed by atoms with Crippen molar-refractivity contribution >= 4 is 11.7 Å². The normalized spacial score (nSPS) is 12.0. The number of pyridine rings is 2. The van der Waals surface area contributed by atoms with E-state index < -0.39 is 6.04 Å². The van der Waals surface area contributed by atoms with Gasteiger partial charge in [-0.2, -0.15) is 5.10 Å². The number of amides is 1. The van der Waals surface area contributed by atoms with Crippen LogP contribution in [0.4, 0.5) is 5.82 Å². The van der Waals surface area contributed by atoms with Gasteiger partial charge < -0.3 is 14.6 Å². The average molecular weight is 381 g/mol. The van der Waals surface area contributed by atoms with Gasteiger partial charge in [-0.15, -0.1) is 0 Å². The topological polar surface area (TPSA) is 91.0 Å². The fourth-order valence-electron chi connectivity index (χ4n) is 2.82. The van der Waals surface area contributed by atoms with Crippen LogP contribution in [0.25, 0.3) is 0 Å². The standard InChI is InChI=1S/C20H23N5O3/c1-14(2)11-17(20(27)22-18-7-9-24(3)23-18)25-10-6-15(12-19(25)26)28-16-5-4-8-21-13-16/h4-10,12-14,17H,11H2,1-3H3,(H,22,23,27). The van der Waals surface area contributed by atoms with Gasteiger partial charge in [-0.05, 0) is 30.5 Å². The first-order valence-electron chi connectivity index (χ1n) is 9.03. The highest BCUT2D eigenvalue weighted by Gasteiger charge is 2.23. The number of hydrogen-bond acceptors (Lipinski definition) is 5. The molecule has 0 bridgehead atoms. The molecule has 8 nitrogen and oxygen atoms in total. The predicted octanol–water partition coefficient (Wildman–Crippen LogP) is 3.00. The molecule has 0 saturated heterocycles. The Labute approximate surface area is 162 Å². The summed E-state index contributed by atoms with van der Waals surface area (Å²) in [6.45, 7) is 4.01. The Morgan fingerprint density at radius 1 is 1.21 bits per heavy atom. The average Bonchev–Trinajstić information content (AvgIpc) is 3.05. The molecule has 8 heteroatoms. The number of nitrogens with one attached hydrogen (secondary N) is 1. The smallest absolute Gasteiger partial charge is 0.254 e. The Bertz CT molecular complexity index is 994. The molecule has 146 valence electrons. The molecule has 0 aromatic carbocycles. The van der Waals surface area contributed by atoms with Crippen molar-refractivity contribution < 1.29 is 9.53 Å². The number of rotatable bonds is 7. The van der Waals surface area contributed by atoms with Crippen molar-refractivity contribution in [2.75, 3.05) is 5.32 Å². The molecule has 3 aromatic heterocycles. The van der Waals surface area contributed by atoms with E-state index in [1.165, 1.54) is 10.6 Å². The van der Waals surface area contributed by atoms with Gasteiger partial charge >= 0.3 is 0 Å². The molecule has 0 aliphatic carbocycles. The van der Waals surface area contributed by atoms with Crippen LogP contribution >= 0.6 is 0 Å². The molecule has 0 aliphatic rings. The molecule has 28 heavy (non-hydrogen) atoms. The summed E-state index contributed by atoms with van der Waals surface area (Å²) in [5.41, 5.74) is -0.316. The summed E-state index contributed by atoms with van der Waals surface area (Å²) in [4.78, 5) is 29.5. The van der Waals surface area contributed by atoms with E-state index in [1.54, 1.807) is 60.8 Å². The van der Waals surface area contributed by atoms with Crippen molar-refractivity contribution in [1.82, 2.24) is 19.3 Å². The van der Waals surface area contributed by atoms with Crippen LogP contribution < -0.4 is 15.6 Å². The molecule has 1 N–H and O–H groups in total. The minimum Gasteiger partial charge on any atom is -0.455 e. The molecule has 1 amide bonds. The van der Waals surface area contributed by atoms with E-state index in [-0.39, 0.29) is 17.4 Å². The molecule has 0 aliphatic heterocycles. The molecule has 0 spiro atoms. The zero-order valence-electron chi connectivity index (χ0n) is 16.1. The van der Waals surface area contributed by atoms with E-state index in [0.29, 0.717) is 23.7 Å². The molecule has 1 atom stereocenters. The van der Waals surface area contributed by atoms with Gasteiger partial charge in [-0.25, -0.2) is 0 Å². The van der Waals surface area contributed by atoms with Crippen molar-refractivity contribution in [3.05, 3.63) is 65.5 Å². The lowest BCUT2D eigenvalue weighted by atomic mass is 10.0. The molecule has 3 aromatic rings. The Morgan fingerprint density at radius 3 is 2.64 bits per heavy atom. The van der Waals surface area contributed by atoms with Gasteiger partial charge in [0.05, 0.1) is 6.20 Å². The minimum atomic E-state index is -0.651. The van der Waals surface area contributed by atoms with Crippen LogP contribution in [-0.4, -0.2) is 25.2 Å². The number of hydrogen-bond donors (Lipinski definition) is 1. The summed E-state index contributed by atoms with van der Waals surface area (Å²) in [5.74, 6) is 1.31. The zero-order chi connectivity index (χ0) is 20.1. The molecule has 0 fully saturated rings. The Kier molecular flexibility index (Phi) is 5.88. The van der Waals surface area contributed by atoms with Gasteiger partial charge in [0.2, 0.25) is 5.91 Å². The number of anilines is 1. The number of aryl methyl sites for hydroxylation is 1. The van der Waals surface area contributed by atoms with E-state index in [0.717, 1.165) is 0 Å². The number of aromatic nitrogens is 4. The van der Waals surface area contributed by atoms with E-state index in [1.807, 2.05) is 13.8 Å². The van der Waals surface area contributed by atoms with Gasteiger partial charge in [-0.1, -0.05) is 13.8 Å². The van der Waals surface area contributed by atoms with Crippen LogP contribution in [0.1, 0.15) is 26.3 Å². The van der Waals surface area contributed by atoms with Gasteiger partial charge in [0.15, 0.2) is 5.82 Å². The summed E-state index contributed by atoms with van der Waals surface area (Å²) in [5, 5.41) is 6.94. The summed E-state index contributed by atoms with van der Waals surface area (Å²) < 4.78 is 8.67. The quantitative estimate of drug-likeness (QED) is 0.679. The van der Waals surface area contributed by atoms with Gasteiger partial charge in [0.25, 0.3) is 5.56 Å². The van der Waals surface area contributed by atoms with Crippen LogP contribution in [0.15, 0.2) is 59.9 Å². The number of nitrogens with zero attached hydrogens (tertiary/aromatic N) is 4. The summed E-state index contributed by atoms with van der Waals surface area (Å²) in [7, 11) is 1.77. The Morgan fingerprint density at radius 2 is 2.04 bits per heavy atom. The number of ether oxygens (including phenoxy) is 1. The third-order valence-corrected chi connectivity index (χ3v) is 4.09. The van der Waals surface area contributed by atoms with Crippen molar-refractivity contribution in [1.29, 1.82) is 0 Å². The molecule has 0 saturated carbocycles. The maximum Gasteiger partial charge on any atom is 0.254 e. The summed E-state index contributed by atoms with van der Waals surface area (Å²) in [6, 6.07) is 7.58. The van der Waals surface area contributed by atoms with Crippen LogP contribution in [0.3, 0.4) is 0 Å². The van der Waals surface area contributed by atoms with Gasteiger partial charge in [-0.3, -0.25) is 19.3 Å². The second kappa shape index (κ2) is 8.51. The van der Waals surface area contributed by atoms with Crippen LogP contribution in [0.5, 0.6) is 11.5 Å². The number of carbonyl (C=O) groups is 1. The lowest BCUT2D eigenvalue weighted by molar-refractivity contribution is -0.119. The first-order chi connectivity index (χ1) is 13.4. The number of carbonyl (C=O) groups excluding carboxylic acids is 1. The Hall–Kier alpha value is -3.42. The highest BCUT2D eigenvalue weighted by molar-refractivity contribution is 5.92. The highest BCUT2D eigenvalue weighted by Crippen LogP contribution is 2.22. The van der Waals surface area contributed by atoms with Crippen molar-refractivity contribution in [3.63, 3.8) is 0 Å². The van der Waals surface area contributed by atoms with Crippen molar-refractivity contribution in [3.8, 4) is 11.5 Å². The largest absolute Gasteiger partial charge is 0.455 e. The van der Waals surface area contributed by atoms with E-state index in [9.17, 15) is 9.59 Å². The monoisotopic (exact) mass is 381 g/mol. The van der Waals surface area contributed by atoms with E-state index in [4.69, 9.17) is 4.74 Å². The Balaban J connectivity index is 1.83. The molecule has 3 heterocycles. The second-order valence-electron chi connectivity index (χ2n) is 6.91. The first kappa shape index (κ1) is 19.3. The molecule has 0 radical (unpaired) electrons. The fourth-order valence-corrected chi connectivity index (χ4v) is 2.82. The summed E-state index contributed by atoms with van der Waals surface area (Å²) in [6.07, 6.45) is 7.04. The van der Waals surface area contributed by atoms with E-state index >= 15 is 0 Å². The maximum atomic E-state index is 12.8. The second-order valence-corrected chi connectivity index (χ2v) is 6.91. The molecule has 3 rings (SSSR count). The van der Waals surface area contributed by atoms with Crippen molar-refractivity contribution in [2.24, 2.45) is 13.0 Å². The minimum absolute atomic E-state index is 0.220. The maximum absolute atomic E-state index is 12.8. The SMILES string of the molecule is CC(C)CC(C(=O)Nc1ccn(C)n1)n1ccc(Oc2cccnc2)cc1=O. The third kappa shape index (κ3) is 4.85. The molecular weight excluding hydrogens is 358 g/mol. The lowest BCUT2D eigenvalue weighted by Gasteiger charge is -2.21. The summed E-state index contributed by atoms with van der Waals surface area (Å²) >= 11 is 0. The van der Waals surface area contributed by atoms with Crippen LogP contribution in [0.2, 0.25) is 0 Å². The van der Waals surface area contributed by atoms with Crippen LogP contribution in [0, 0.1) is 5.92 Å². The van der Waals surface area contributed by atoms with E-state index in [2.05, 4.69) is 15.4 Å². The zero-order valence-corrected chi connectivity index (χ0v) is 16.1. The predicted molar refractivity (Wildman–Crippen MR) is 105 cm³/mol. The van der Waals surface area contributed by atoms with Gasteiger partial charge in [0.1, 0.15) is 17.5 Å². The van der Waals surface area contributed by atoms with Gasteiger partial charge in [0, 0.05) is 37.8 Å². The lowest BCUT2D eigenvalue weighted by Crippen LogP contribution is -2.33. The third-order valence-electron chi connectivity index (χ3n) is 4.09. The highest BCUT2D eigenvalue weighted by atomic mass is 16.5. The molecule has 1 unspecified atom stereocenters. The molecular formula is C20H23N5O3.